The normalized spacial score (nSPS) is 13.5. The Bertz CT molecular complexity index is 293. The van der Waals surface area contributed by atoms with E-state index in [2.05, 4.69) is 10.6 Å². The Balaban J connectivity index is 4.13. The average Bonchev–Trinajstić information content (AvgIpc) is 2.24. The molecule has 0 heterocycles. The molecule has 0 saturated heterocycles. The van der Waals surface area contributed by atoms with Crippen LogP contribution in [0.2, 0.25) is 0 Å². The lowest BCUT2D eigenvalue weighted by Gasteiger charge is -2.15. The van der Waals surface area contributed by atoms with Gasteiger partial charge in [-0.1, -0.05) is 20.3 Å². The fourth-order valence-electron chi connectivity index (χ4n) is 1.02. The molecule has 17 heavy (non-hydrogen) atoms. The summed E-state index contributed by atoms with van der Waals surface area (Å²) >= 11 is 0. The zero-order valence-corrected chi connectivity index (χ0v) is 10.0. The molecule has 0 aliphatic heterocycles. The van der Waals surface area contributed by atoms with Crippen LogP contribution >= 0.6 is 0 Å². The number of aliphatic carboxylic acids is 1. The van der Waals surface area contributed by atoms with Crippen LogP contribution in [0.25, 0.3) is 0 Å². The average molecular weight is 245 g/mol. The molecule has 98 valence electrons. The maximum atomic E-state index is 11.3. The first-order chi connectivity index (χ1) is 7.86. The summed E-state index contributed by atoms with van der Waals surface area (Å²) in [7, 11) is 0. The van der Waals surface area contributed by atoms with Gasteiger partial charge in [-0.2, -0.15) is 0 Å². The number of hydrogen-bond acceptors (Lipinski definition) is 3. The summed E-state index contributed by atoms with van der Waals surface area (Å²) in [5.74, 6) is -1.76. The number of urea groups is 1. The van der Waals surface area contributed by atoms with E-state index in [0.29, 0.717) is 12.5 Å². The molecular formula is C10H19N3O4. The first-order valence-corrected chi connectivity index (χ1v) is 5.42. The van der Waals surface area contributed by atoms with Crippen LogP contribution in [-0.4, -0.2) is 35.6 Å². The molecule has 0 aromatic heterocycles. The Morgan fingerprint density at radius 2 is 1.94 bits per heavy atom. The SMILES string of the molecule is CCC(C)CNC(=O)N[C@H](CC(N)=O)C(=O)O. The minimum absolute atomic E-state index is 0.306. The Morgan fingerprint density at radius 3 is 2.35 bits per heavy atom. The van der Waals surface area contributed by atoms with Gasteiger partial charge in [0.25, 0.3) is 0 Å². The van der Waals surface area contributed by atoms with Crippen LogP contribution < -0.4 is 16.4 Å². The first kappa shape index (κ1) is 15.2. The van der Waals surface area contributed by atoms with Gasteiger partial charge in [-0.3, -0.25) is 4.79 Å². The van der Waals surface area contributed by atoms with Crippen molar-refractivity contribution in [1.29, 1.82) is 0 Å². The van der Waals surface area contributed by atoms with Gasteiger partial charge in [-0.15, -0.1) is 0 Å². The highest BCUT2D eigenvalue weighted by molar-refractivity contribution is 5.87. The maximum absolute atomic E-state index is 11.3. The monoisotopic (exact) mass is 245 g/mol. The number of nitrogens with one attached hydrogen (secondary N) is 2. The first-order valence-electron chi connectivity index (χ1n) is 5.42. The molecule has 7 heteroatoms. The molecule has 0 bridgehead atoms. The third-order valence-electron chi connectivity index (χ3n) is 2.32. The number of nitrogens with two attached hydrogens (primary N) is 1. The van der Waals surface area contributed by atoms with E-state index in [1.165, 1.54) is 0 Å². The third kappa shape index (κ3) is 7.15. The van der Waals surface area contributed by atoms with Gasteiger partial charge in [-0.05, 0) is 5.92 Å². The molecule has 2 atom stereocenters. The van der Waals surface area contributed by atoms with E-state index in [-0.39, 0.29) is 0 Å². The van der Waals surface area contributed by atoms with Gasteiger partial charge in [0, 0.05) is 6.54 Å². The fourth-order valence-corrected chi connectivity index (χ4v) is 1.02. The molecule has 0 rings (SSSR count). The van der Waals surface area contributed by atoms with Gasteiger partial charge < -0.3 is 21.5 Å². The summed E-state index contributed by atoms with van der Waals surface area (Å²) in [5.41, 5.74) is 4.88. The van der Waals surface area contributed by atoms with Gasteiger partial charge in [-0.25, -0.2) is 9.59 Å². The van der Waals surface area contributed by atoms with Gasteiger partial charge in [0.05, 0.1) is 6.42 Å². The van der Waals surface area contributed by atoms with Crippen molar-refractivity contribution in [2.75, 3.05) is 6.54 Å². The third-order valence-corrected chi connectivity index (χ3v) is 2.32. The van der Waals surface area contributed by atoms with E-state index in [4.69, 9.17) is 10.8 Å². The smallest absolute Gasteiger partial charge is 0.326 e. The van der Waals surface area contributed by atoms with E-state index in [1.807, 2.05) is 13.8 Å². The van der Waals surface area contributed by atoms with Crippen molar-refractivity contribution < 1.29 is 19.5 Å². The van der Waals surface area contributed by atoms with E-state index >= 15 is 0 Å². The molecule has 3 amide bonds. The Kier molecular flexibility index (Phi) is 6.69. The quantitative estimate of drug-likeness (QED) is 0.490. The lowest BCUT2D eigenvalue weighted by molar-refractivity contribution is -0.140. The predicted octanol–water partition coefficient (Wildman–Crippen LogP) is -0.340. The second kappa shape index (κ2) is 7.48. The molecular weight excluding hydrogens is 226 g/mol. The van der Waals surface area contributed by atoms with Crippen LogP contribution in [0.5, 0.6) is 0 Å². The Hall–Kier alpha value is -1.79. The number of carbonyl (C=O) groups is 3. The highest BCUT2D eigenvalue weighted by Gasteiger charge is 2.21. The van der Waals surface area contributed by atoms with Crippen LogP contribution in [0.3, 0.4) is 0 Å². The minimum Gasteiger partial charge on any atom is -0.480 e. The van der Waals surface area contributed by atoms with Crippen LogP contribution in [0.1, 0.15) is 26.7 Å². The number of amides is 3. The summed E-state index contributed by atoms with van der Waals surface area (Å²) in [4.78, 5) is 32.6. The Morgan fingerprint density at radius 1 is 1.35 bits per heavy atom. The van der Waals surface area contributed by atoms with Crippen LogP contribution in [0, 0.1) is 5.92 Å². The Labute approximate surface area is 99.7 Å². The van der Waals surface area contributed by atoms with Crippen LogP contribution in [0.15, 0.2) is 0 Å². The van der Waals surface area contributed by atoms with Crippen molar-refractivity contribution in [3.8, 4) is 0 Å². The number of hydrogen-bond donors (Lipinski definition) is 4. The minimum atomic E-state index is -1.29. The molecule has 0 aromatic rings. The summed E-state index contributed by atoms with van der Waals surface area (Å²) in [5, 5.41) is 13.4. The number of primary amides is 1. The molecule has 1 unspecified atom stereocenters. The maximum Gasteiger partial charge on any atom is 0.326 e. The zero-order valence-electron chi connectivity index (χ0n) is 10.0. The van der Waals surface area contributed by atoms with E-state index in [0.717, 1.165) is 6.42 Å². The number of carboxylic acid groups (broad SMARTS) is 1. The van der Waals surface area contributed by atoms with Crippen molar-refractivity contribution in [2.24, 2.45) is 11.7 Å². The molecule has 0 saturated carbocycles. The topological polar surface area (TPSA) is 122 Å². The number of carbonyl (C=O) groups excluding carboxylic acids is 2. The van der Waals surface area contributed by atoms with Gasteiger partial charge in [0.15, 0.2) is 0 Å². The molecule has 5 N–H and O–H groups in total. The highest BCUT2D eigenvalue weighted by atomic mass is 16.4. The molecule has 0 spiro atoms. The standard InChI is InChI=1S/C10H19N3O4/c1-3-6(2)5-12-10(17)13-7(9(15)16)4-8(11)14/h6-7H,3-5H2,1-2H3,(H2,11,14)(H,15,16)(H2,12,13,17)/t6?,7-/m1/s1. The van der Waals surface area contributed by atoms with E-state index in [1.54, 1.807) is 0 Å². The van der Waals surface area contributed by atoms with Crippen molar-refractivity contribution in [2.45, 2.75) is 32.7 Å². The summed E-state index contributed by atoms with van der Waals surface area (Å²) in [6, 6.07) is -1.90. The number of rotatable bonds is 7. The van der Waals surface area contributed by atoms with Gasteiger partial charge in [0.1, 0.15) is 6.04 Å². The summed E-state index contributed by atoms with van der Waals surface area (Å²) < 4.78 is 0. The van der Waals surface area contributed by atoms with Crippen LogP contribution in [-0.2, 0) is 9.59 Å². The summed E-state index contributed by atoms with van der Waals surface area (Å²) in [6.45, 7) is 4.39. The van der Waals surface area contributed by atoms with Crippen molar-refractivity contribution in [1.82, 2.24) is 10.6 Å². The highest BCUT2D eigenvalue weighted by Crippen LogP contribution is 1.97. The van der Waals surface area contributed by atoms with Crippen LogP contribution in [0.4, 0.5) is 4.79 Å². The fraction of sp³-hybridized carbons (Fsp3) is 0.700. The van der Waals surface area contributed by atoms with Gasteiger partial charge in [0.2, 0.25) is 5.91 Å². The van der Waals surface area contributed by atoms with E-state index < -0.39 is 30.4 Å². The molecule has 0 aliphatic carbocycles. The molecule has 0 fully saturated rings. The predicted molar refractivity (Wildman–Crippen MR) is 61.2 cm³/mol. The summed E-state index contributed by atoms with van der Waals surface area (Å²) in [6.07, 6.45) is 0.482. The molecule has 0 aliphatic rings. The second-order valence-electron chi connectivity index (χ2n) is 3.93. The molecule has 0 aromatic carbocycles. The molecule has 7 nitrogen and oxygen atoms in total. The lowest BCUT2D eigenvalue weighted by Crippen LogP contribution is -2.48. The molecule has 0 radical (unpaired) electrons. The lowest BCUT2D eigenvalue weighted by atomic mass is 10.1. The number of carboxylic acids is 1. The van der Waals surface area contributed by atoms with Crippen molar-refractivity contribution in [3.63, 3.8) is 0 Å². The van der Waals surface area contributed by atoms with Crippen molar-refractivity contribution in [3.05, 3.63) is 0 Å². The largest absolute Gasteiger partial charge is 0.480 e. The second-order valence-corrected chi connectivity index (χ2v) is 3.93. The zero-order chi connectivity index (χ0) is 13.4. The van der Waals surface area contributed by atoms with Gasteiger partial charge >= 0.3 is 12.0 Å². The van der Waals surface area contributed by atoms with Crippen molar-refractivity contribution >= 4 is 17.9 Å². The van der Waals surface area contributed by atoms with E-state index in [9.17, 15) is 14.4 Å².